The van der Waals surface area contributed by atoms with Gasteiger partial charge in [-0.15, -0.1) is 0 Å². The van der Waals surface area contributed by atoms with Crippen LogP contribution in [0, 0.1) is 13.8 Å². The third-order valence-electron chi connectivity index (χ3n) is 4.78. The number of thiocarbonyl (C=S) groups is 1. The zero-order valence-electron chi connectivity index (χ0n) is 13.9. The molecule has 2 aromatic carbocycles. The molecule has 3 rings (SSSR count). The van der Waals surface area contributed by atoms with Gasteiger partial charge in [-0.1, -0.05) is 55.3 Å². The van der Waals surface area contributed by atoms with Crippen LogP contribution in [-0.2, 0) is 5.54 Å². The average Bonchev–Trinajstić information content (AvgIpc) is 3.01. The lowest BCUT2D eigenvalue weighted by atomic mass is 9.88. The Morgan fingerprint density at radius 2 is 1.70 bits per heavy atom. The summed E-state index contributed by atoms with van der Waals surface area (Å²) in [4.78, 5) is 0. The SMILES string of the molecule is Cc1ccc(C)c(NC(=S)NC2(c3ccccc3)CCCC2)c1. The van der Waals surface area contributed by atoms with Crippen LogP contribution in [0.1, 0.15) is 42.4 Å². The molecule has 2 nitrogen and oxygen atoms in total. The Balaban J connectivity index is 1.78. The first-order valence-electron chi connectivity index (χ1n) is 8.31. The fourth-order valence-corrected chi connectivity index (χ4v) is 3.77. The Hall–Kier alpha value is -1.87. The molecule has 0 atom stereocenters. The van der Waals surface area contributed by atoms with Crippen molar-refractivity contribution in [3.63, 3.8) is 0 Å². The second-order valence-corrected chi connectivity index (χ2v) is 6.96. The second-order valence-electron chi connectivity index (χ2n) is 6.55. The number of hydrogen-bond acceptors (Lipinski definition) is 1. The summed E-state index contributed by atoms with van der Waals surface area (Å²) in [5.74, 6) is 0. The highest BCUT2D eigenvalue weighted by Gasteiger charge is 2.36. The predicted octanol–water partition coefficient (Wildman–Crippen LogP) is 5.06. The zero-order valence-corrected chi connectivity index (χ0v) is 14.7. The van der Waals surface area contributed by atoms with E-state index >= 15 is 0 Å². The molecule has 2 N–H and O–H groups in total. The van der Waals surface area contributed by atoms with Gasteiger partial charge >= 0.3 is 0 Å². The van der Waals surface area contributed by atoms with Gasteiger partial charge in [0.15, 0.2) is 5.11 Å². The van der Waals surface area contributed by atoms with Gasteiger partial charge in [-0.25, -0.2) is 0 Å². The molecule has 1 saturated carbocycles. The largest absolute Gasteiger partial charge is 0.353 e. The Bertz CT molecular complexity index is 688. The smallest absolute Gasteiger partial charge is 0.171 e. The summed E-state index contributed by atoms with van der Waals surface area (Å²) >= 11 is 5.63. The van der Waals surface area contributed by atoms with Crippen molar-refractivity contribution < 1.29 is 0 Å². The van der Waals surface area contributed by atoms with Gasteiger partial charge in [0.1, 0.15) is 0 Å². The molecule has 1 aliphatic rings. The molecule has 0 unspecified atom stereocenters. The minimum Gasteiger partial charge on any atom is -0.353 e. The standard InChI is InChI=1S/C20H24N2S/c1-15-10-11-16(2)18(14-15)21-19(23)22-20(12-6-7-13-20)17-8-4-3-5-9-17/h3-5,8-11,14H,6-7,12-13H2,1-2H3,(H2,21,22,23). The Morgan fingerprint density at radius 1 is 1.00 bits per heavy atom. The van der Waals surface area contributed by atoms with Crippen LogP contribution in [0.15, 0.2) is 48.5 Å². The van der Waals surface area contributed by atoms with Gasteiger partial charge in [-0.2, -0.15) is 0 Å². The first kappa shape index (κ1) is 16.0. The molecule has 23 heavy (non-hydrogen) atoms. The van der Waals surface area contributed by atoms with Crippen LogP contribution in [0.25, 0.3) is 0 Å². The van der Waals surface area contributed by atoms with Crippen molar-refractivity contribution in [3.05, 3.63) is 65.2 Å². The summed E-state index contributed by atoms with van der Waals surface area (Å²) in [6, 6.07) is 17.1. The number of benzene rings is 2. The maximum Gasteiger partial charge on any atom is 0.171 e. The normalized spacial score (nSPS) is 16.1. The molecule has 0 radical (unpaired) electrons. The number of aryl methyl sites for hydroxylation is 2. The van der Waals surface area contributed by atoms with E-state index in [2.05, 4.69) is 73.0 Å². The van der Waals surface area contributed by atoms with Gasteiger partial charge in [0.2, 0.25) is 0 Å². The third-order valence-corrected chi connectivity index (χ3v) is 4.98. The maximum absolute atomic E-state index is 5.63. The van der Waals surface area contributed by atoms with E-state index in [0.29, 0.717) is 5.11 Å². The molecule has 0 aliphatic heterocycles. The van der Waals surface area contributed by atoms with Crippen LogP contribution in [0.5, 0.6) is 0 Å². The van der Waals surface area contributed by atoms with Crippen LogP contribution in [-0.4, -0.2) is 5.11 Å². The van der Waals surface area contributed by atoms with Gasteiger partial charge in [0.25, 0.3) is 0 Å². The van der Waals surface area contributed by atoms with Gasteiger partial charge in [0.05, 0.1) is 5.54 Å². The first-order chi connectivity index (χ1) is 11.1. The number of hydrogen-bond donors (Lipinski definition) is 2. The molecular weight excluding hydrogens is 300 g/mol. The van der Waals surface area contributed by atoms with Crippen molar-refractivity contribution >= 4 is 23.0 Å². The molecule has 0 amide bonds. The molecule has 0 heterocycles. The first-order valence-corrected chi connectivity index (χ1v) is 8.72. The lowest BCUT2D eigenvalue weighted by Gasteiger charge is -2.32. The van der Waals surface area contributed by atoms with E-state index in [1.54, 1.807) is 0 Å². The molecule has 0 bridgehead atoms. The highest BCUT2D eigenvalue weighted by atomic mass is 32.1. The Kier molecular flexibility index (Phi) is 4.67. The van der Waals surface area contributed by atoms with Crippen LogP contribution >= 0.6 is 12.2 Å². The molecule has 0 saturated heterocycles. The summed E-state index contributed by atoms with van der Waals surface area (Å²) < 4.78 is 0. The van der Waals surface area contributed by atoms with Crippen molar-refractivity contribution in [1.29, 1.82) is 0 Å². The number of rotatable bonds is 3. The van der Waals surface area contributed by atoms with Gasteiger partial charge in [0, 0.05) is 5.69 Å². The highest BCUT2D eigenvalue weighted by molar-refractivity contribution is 7.80. The van der Waals surface area contributed by atoms with Crippen LogP contribution in [0.3, 0.4) is 0 Å². The van der Waals surface area contributed by atoms with Gasteiger partial charge < -0.3 is 10.6 Å². The Morgan fingerprint density at radius 3 is 2.39 bits per heavy atom. The molecule has 3 heteroatoms. The number of anilines is 1. The topological polar surface area (TPSA) is 24.1 Å². The lowest BCUT2D eigenvalue weighted by Crippen LogP contribution is -2.45. The zero-order chi connectivity index (χ0) is 16.3. The van der Waals surface area contributed by atoms with E-state index in [1.165, 1.54) is 29.5 Å². The monoisotopic (exact) mass is 324 g/mol. The van der Waals surface area contributed by atoms with E-state index in [1.807, 2.05) is 0 Å². The van der Waals surface area contributed by atoms with Crippen molar-refractivity contribution in [3.8, 4) is 0 Å². The highest BCUT2D eigenvalue weighted by Crippen LogP contribution is 2.38. The quantitative estimate of drug-likeness (QED) is 0.772. The van der Waals surface area contributed by atoms with Crippen molar-refractivity contribution in [2.24, 2.45) is 0 Å². The fourth-order valence-electron chi connectivity index (χ4n) is 3.46. The number of nitrogens with one attached hydrogen (secondary N) is 2. The summed E-state index contributed by atoms with van der Waals surface area (Å²) in [5.41, 5.74) is 4.84. The van der Waals surface area contributed by atoms with E-state index in [4.69, 9.17) is 12.2 Å². The molecule has 1 aliphatic carbocycles. The molecular formula is C20H24N2S. The van der Waals surface area contributed by atoms with E-state index < -0.39 is 0 Å². The van der Waals surface area contributed by atoms with Crippen LogP contribution in [0.4, 0.5) is 5.69 Å². The maximum atomic E-state index is 5.63. The lowest BCUT2D eigenvalue weighted by molar-refractivity contribution is 0.408. The minimum absolute atomic E-state index is 0.0247. The van der Waals surface area contributed by atoms with Crippen LogP contribution < -0.4 is 10.6 Å². The van der Waals surface area contributed by atoms with Crippen LogP contribution in [0.2, 0.25) is 0 Å². The summed E-state index contributed by atoms with van der Waals surface area (Å²) in [7, 11) is 0. The van der Waals surface area contributed by atoms with Crippen molar-refractivity contribution in [2.75, 3.05) is 5.32 Å². The summed E-state index contributed by atoms with van der Waals surface area (Å²) in [6.07, 6.45) is 4.75. The van der Waals surface area contributed by atoms with Gasteiger partial charge in [-0.05, 0) is 61.7 Å². The van der Waals surface area contributed by atoms with Gasteiger partial charge in [-0.3, -0.25) is 0 Å². The predicted molar refractivity (Wildman–Crippen MR) is 102 cm³/mol. The molecule has 120 valence electrons. The third kappa shape index (κ3) is 3.56. The van der Waals surface area contributed by atoms with Crippen molar-refractivity contribution in [1.82, 2.24) is 5.32 Å². The van der Waals surface area contributed by atoms with E-state index in [9.17, 15) is 0 Å². The Labute approximate surface area is 144 Å². The summed E-state index contributed by atoms with van der Waals surface area (Å²) in [6.45, 7) is 4.20. The molecule has 0 aromatic heterocycles. The second kappa shape index (κ2) is 6.71. The fraction of sp³-hybridized carbons (Fsp3) is 0.350. The van der Waals surface area contributed by atoms with E-state index in [-0.39, 0.29) is 5.54 Å². The average molecular weight is 324 g/mol. The van der Waals surface area contributed by atoms with E-state index in [0.717, 1.165) is 18.5 Å². The minimum atomic E-state index is -0.0247. The molecule has 0 spiro atoms. The molecule has 2 aromatic rings. The summed E-state index contributed by atoms with van der Waals surface area (Å²) in [5, 5.41) is 7.73. The van der Waals surface area contributed by atoms with Crippen molar-refractivity contribution in [2.45, 2.75) is 45.1 Å². The molecule has 1 fully saturated rings.